The zero-order valence-electron chi connectivity index (χ0n) is 11.3. The van der Waals surface area contributed by atoms with Crippen molar-refractivity contribution in [2.75, 3.05) is 12.3 Å². The van der Waals surface area contributed by atoms with Gasteiger partial charge in [-0.25, -0.2) is 13.1 Å². The van der Waals surface area contributed by atoms with Crippen LogP contribution in [0.15, 0.2) is 21.5 Å². The molecular weight excluding hydrogens is 344 g/mol. The summed E-state index contributed by atoms with van der Waals surface area (Å²) < 4.78 is 27.8. The monoisotopic (exact) mass is 362 g/mol. The Hall–Kier alpha value is -0.630. The van der Waals surface area contributed by atoms with Gasteiger partial charge in [-0.2, -0.15) is 0 Å². The lowest BCUT2D eigenvalue weighted by Crippen LogP contribution is -2.40. The fraction of sp³-hybridized carbons (Fsp3) is 0.538. The Morgan fingerprint density at radius 1 is 1.40 bits per heavy atom. The maximum atomic E-state index is 12.3. The molecule has 0 amide bonds. The average Bonchev–Trinajstić information content (AvgIpc) is 2.79. The molecule has 0 atom stereocenters. The number of nitrogens with one attached hydrogen (secondary N) is 1. The van der Waals surface area contributed by atoms with Crippen molar-refractivity contribution in [3.05, 3.63) is 22.2 Å². The molecule has 0 bridgehead atoms. The number of hydrogen-bond acceptors (Lipinski definition) is 4. The van der Waals surface area contributed by atoms with Crippen molar-refractivity contribution in [3.8, 4) is 0 Å². The highest BCUT2D eigenvalue weighted by Crippen LogP contribution is 2.30. The van der Waals surface area contributed by atoms with Gasteiger partial charge in [0.05, 0.1) is 10.5 Å². The molecule has 0 aliphatic heterocycles. The number of halogens is 1. The summed E-state index contributed by atoms with van der Waals surface area (Å²) in [6.07, 6.45) is 3.14. The summed E-state index contributed by atoms with van der Waals surface area (Å²) in [4.78, 5) is 0.153. The molecule has 1 aliphatic carbocycles. The molecule has 1 fully saturated rings. The lowest BCUT2D eigenvalue weighted by molar-refractivity contribution is 0.0532. The number of aliphatic hydroxyl groups is 1. The van der Waals surface area contributed by atoms with Crippen molar-refractivity contribution in [3.63, 3.8) is 0 Å². The standard InChI is InChI=1S/C13H19BrN2O3S/c1-9-6-10(14)11(15)7-12(9)20(18,19)16-8-13(17)4-2-3-5-13/h6-7,16-17H,2-5,8,15H2,1H3. The molecule has 112 valence electrons. The Balaban J connectivity index is 2.20. The SMILES string of the molecule is Cc1cc(Br)c(N)cc1S(=O)(=O)NCC1(O)CCCC1. The molecule has 2 rings (SSSR count). The number of rotatable bonds is 4. The molecule has 0 aromatic heterocycles. The quantitative estimate of drug-likeness (QED) is 0.713. The van der Waals surface area contributed by atoms with Gasteiger partial charge in [-0.3, -0.25) is 0 Å². The van der Waals surface area contributed by atoms with Gasteiger partial charge < -0.3 is 10.8 Å². The summed E-state index contributed by atoms with van der Waals surface area (Å²) in [7, 11) is -3.67. The Labute approximate surface area is 127 Å². The van der Waals surface area contributed by atoms with E-state index in [0.29, 0.717) is 28.6 Å². The van der Waals surface area contributed by atoms with Crippen molar-refractivity contribution >= 4 is 31.6 Å². The van der Waals surface area contributed by atoms with Crippen LogP contribution >= 0.6 is 15.9 Å². The van der Waals surface area contributed by atoms with E-state index in [0.717, 1.165) is 12.8 Å². The van der Waals surface area contributed by atoms with Crippen LogP contribution in [0.5, 0.6) is 0 Å². The fourth-order valence-corrected chi connectivity index (χ4v) is 4.31. The van der Waals surface area contributed by atoms with E-state index in [1.807, 2.05) is 0 Å². The molecule has 0 heterocycles. The van der Waals surface area contributed by atoms with Gasteiger partial charge in [-0.1, -0.05) is 12.8 Å². The Morgan fingerprint density at radius 2 is 2.00 bits per heavy atom. The molecule has 7 heteroatoms. The molecule has 20 heavy (non-hydrogen) atoms. The van der Waals surface area contributed by atoms with Crippen LogP contribution in [-0.2, 0) is 10.0 Å². The van der Waals surface area contributed by atoms with Crippen LogP contribution in [0.25, 0.3) is 0 Å². The van der Waals surface area contributed by atoms with E-state index >= 15 is 0 Å². The molecule has 1 saturated carbocycles. The Bertz CT molecular complexity index is 610. The first kappa shape index (κ1) is 15.8. The normalized spacial score (nSPS) is 18.4. The van der Waals surface area contributed by atoms with Crippen LogP contribution in [0.1, 0.15) is 31.2 Å². The summed E-state index contributed by atoms with van der Waals surface area (Å²) in [5.41, 5.74) is 5.81. The number of hydrogen-bond donors (Lipinski definition) is 3. The molecule has 4 N–H and O–H groups in total. The van der Waals surface area contributed by atoms with Crippen LogP contribution < -0.4 is 10.5 Å². The summed E-state index contributed by atoms with van der Waals surface area (Å²) in [5, 5.41) is 10.2. The zero-order chi connectivity index (χ0) is 15.0. The highest BCUT2D eigenvalue weighted by Gasteiger charge is 2.32. The van der Waals surface area contributed by atoms with E-state index in [-0.39, 0.29) is 11.4 Å². The predicted octanol–water partition coefficient (Wildman–Crippen LogP) is 1.92. The Kier molecular flexibility index (Phi) is 4.44. The van der Waals surface area contributed by atoms with Gasteiger partial charge in [0, 0.05) is 16.7 Å². The molecule has 0 radical (unpaired) electrons. The largest absolute Gasteiger partial charge is 0.398 e. The number of sulfonamides is 1. The number of aryl methyl sites for hydroxylation is 1. The number of anilines is 1. The van der Waals surface area contributed by atoms with Gasteiger partial charge in [0.2, 0.25) is 10.0 Å². The highest BCUT2D eigenvalue weighted by molar-refractivity contribution is 9.10. The van der Waals surface area contributed by atoms with Gasteiger partial charge in [-0.15, -0.1) is 0 Å². The van der Waals surface area contributed by atoms with Gasteiger partial charge in [-0.05, 0) is 53.4 Å². The van der Waals surface area contributed by atoms with Crippen molar-refractivity contribution in [1.29, 1.82) is 0 Å². The number of nitrogen functional groups attached to an aromatic ring is 1. The van der Waals surface area contributed by atoms with Crippen LogP contribution in [0.4, 0.5) is 5.69 Å². The first-order valence-electron chi connectivity index (χ1n) is 6.51. The molecule has 0 unspecified atom stereocenters. The van der Waals surface area contributed by atoms with Gasteiger partial charge in [0.1, 0.15) is 0 Å². The fourth-order valence-electron chi connectivity index (χ4n) is 2.48. The first-order valence-corrected chi connectivity index (χ1v) is 8.79. The van der Waals surface area contributed by atoms with E-state index < -0.39 is 15.6 Å². The smallest absolute Gasteiger partial charge is 0.241 e. The third-order valence-corrected chi connectivity index (χ3v) is 5.94. The second-order valence-electron chi connectivity index (χ2n) is 5.40. The maximum Gasteiger partial charge on any atom is 0.241 e. The molecule has 1 aromatic carbocycles. The summed E-state index contributed by atoms with van der Waals surface area (Å²) >= 11 is 3.27. The van der Waals surface area contributed by atoms with E-state index in [2.05, 4.69) is 20.7 Å². The topological polar surface area (TPSA) is 92.4 Å². The third kappa shape index (κ3) is 3.33. The second-order valence-corrected chi connectivity index (χ2v) is 7.98. The Morgan fingerprint density at radius 3 is 2.60 bits per heavy atom. The number of benzene rings is 1. The molecule has 0 saturated heterocycles. The first-order chi connectivity index (χ1) is 9.23. The molecule has 1 aromatic rings. The third-order valence-electron chi connectivity index (χ3n) is 3.71. The molecular formula is C13H19BrN2O3S. The van der Waals surface area contributed by atoms with Crippen molar-refractivity contribution in [1.82, 2.24) is 4.72 Å². The summed E-state index contributed by atoms with van der Waals surface area (Å²) in [6, 6.07) is 3.11. The number of nitrogens with two attached hydrogens (primary N) is 1. The van der Waals surface area contributed by atoms with E-state index in [1.54, 1.807) is 13.0 Å². The van der Waals surface area contributed by atoms with Gasteiger partial charge >= 0.3 is 0 Å². The predicted molar refractivity (Wildman–Crippen MR) is 81.9 cm³/mol. The summed E-state index contributed by atoms with van der Waals surface area (Å²) in [5.74, 6) is 0. The molecule has 5 nitrogen and oxygen atoms in total. The minimum atomic E-state index is -3.67. The second kappa shape index (κ2) is 5.63. The van der Waals surface area contributed by atoms with E-state index in [1.165, 1.54) is 6.07 Å². The summed E-state index contributed by atoms with van der Waals surface area (Å²) in [6.45, 7) is 1.76. The van der Waals surface area contributed by atoms with Crippen LogP contribution in [-0.4, -0.2) is 25.7 Å². The van der Waals surface area contributed by atoms with Gasteiger partial charge in [0.25, 0.3) is 0 Å². The van der Waals surface area contributed by atoms with Crippen LogP contribution in [0.2, 0.25) is 0 Å². The average molecular weight is 363 g/mol. The highest BCUT2D eigenvalue weighted by atomic mass is 79.9. The van der Waals surface area contributed by atoms with Gasteiger partial charge in [0.15, 0.2) is 0 Å². The lowest BCUT2D eigenvalue weighted by atomic mass is 10.0. The minimum Gasteiger partial charge on any atom is -0.398 e. The molecule has 0 spiro atoms. The van der Waals surface area contributed by atoms with Crippen molar-refractivity contribution in [2.45, 2.75) is 43.1 Å². The zero-order valence-corrected chi connectivity index (χ0v) is 13.7. The van der Waals surface area contributed by atoms with Crippen molar-refractivity contribution < 1.29 is 13.5 Å². The van der Waals surface area contributed by atoms with E-state index in [9.17, 15) is 13.5 Å². The lowest BCUT2D eigenvalue weighted by Gasteiger charge is -2.22. The molecule has 1 aliphatic rings. The van der Waals surface area contributed by atoms with Crippen LogP contribution in [0.3, 0.4) is 0 Å². The van der Waals surface area contributed by atoms with Crippen molar-refractivity contribution in [2.24, 2.45) is 0 Å². The van der Waals surface area contributed by atoms with Crippen LogP contribution in [0, 0.1) is 6.92 Å². The van der Waals surface area contributed by atoms with E-state index in [4.69, 9.17) is 5.73 Å². The minimum absolute atomic E-state index is 0.0464. The maximum absolute atomic E-state index is 12.3.